The number of carbonyl (C=O) groups is 2. The van der Waals surface area contributed by atoms with Gasteiger partial charge >= 0.3 is 6.18 Å². The van der Waals surface area contributed by atoms with Crippen LogP contribution in [0.25, 0.3) is 0 Å². The summed E-state index contributed by atoms with van der Waals surface area (Å²) in [5, 5.41) is 4.74. The quantitative estimate of drug-likeness (QED) is 0.766. The standard InChI is InChI=1S/C17H20ClF3N2O2/c1-16(2,14(24)22-10-5-3-4-6-10)15(25)23-11-7-8-13(18)12(9-11)17(19,20)21/h7-10H,3-6H2,1-2H3,(H,22,24)(H,23,25). The lowest BCUT2D eigenvalue weighted by molar-refractivity contribution is -0.139. The molecule has 1 aliphatic rings. The van der Waals surface area contributed by atoms with E-state index < -0.39 is 34.0 Å². The molecule has 25 heavy (non-hydrogen) atoms. The van der Waals surface area contributed by atoms with E-state index in [0.29, 0.717) is 0 Å². The lowest BCUT2D eigenvalue weighted by Crippen LogP contribution is -2.48. The maximum absolute atomic E-state index is 12.9. The lowest BCUT2D eigenvalue weighted by atomic mass is 9.90. The van der Waals surface area contributed by atoms with Crippen LogP contribution in [-0.4, -0.2) is 17.9 Å². The van der Waals surface area contributed by atoms with Gasteiger partial charge in [0.2, 0.25) is 11.8 Å². The Bertz CT molecular complexity index is 668. The number of halogens is 4. The molecule has 0 aliphatic heterocycles. The van der Waals surface area contributed by atoms with Crippen LogP contribution >= 0.6 is 11.6 Å². The highest BCUT2D eigenvalue weighted by molar-refractivity contribution is 6.31. The summed E-state index contributed by atoms with van der Waals surface area (Å²) in [6, 6.07) is 3.13. The maximum atomic E-state index is 12.9. The number of hydrogen-bond acceptors (Lipinski definition) is 2. The molecule has 2 rings (SSSR count). The van der Waals surface area contributed by atoms with E-state index in [1.54, 1.807) is 0 Å². The number of nitrogens with one attached hydrogen (secondary N) is 2. The van der Waals surface area contributed by atoms with Crippen molar-refractivity contribution in [2.75, 3.05) is 5.32 Å². The van der Waals surface area contributed by atoms with Crippen LogP contribution in [0.3, 0.4) is 0 Å². The average Bonchev–Trinajstić information content (AvgIpc) is 3.00. The molecule has 0 saturated heterocycles. The molecule has 0 atom stereocenters. The molecule has 2 amide bonds. The Morgan fingerprint density at radius 2 is 1.72 bits per heavy atom. The third-order valence-electron chi connectivity index (χ3n) is 4.36. The van der Waals surface area contributed by atoms with Gasteiger partial charge in [0.1, 0.15) is 5.41 Å². The Morgan fingerprint density at radius 3 is 2.28 bits per heavy atom. The average molecular weight is 377 g/mol. The lowest BCUT2D eigenvalue weighted by Gasteiger charge is -2.25. The van der Waals surface area contributed by atoms with Gasteiger partial charge < -0.3 is 10.6 Å². The van der Waals surface area contributed by atoms with Crippen LogP contribution in [0, 0.1) is 5.41 Å². The van der Waals surface area contributed by atoms with E-state index in [1.165, 1.54) is 19.9 Å². The normalized spacial score (nSPS) is 15.9. The number of hydrogen-bond donors (Lipinski definition) is 2. The summed E-state index contributed by atoms with van der Waals surface area (Å²) in [5.41, 5.74) is -2.52. The van der Waals surface area contributed by atoms with Crippen molar-refractivity contribution < 1.29 is 22.8 Å². The van der Waals surface area contributed by atoms with Gasteiger partial charge in [-0.3, -0.25) is 9.59 Å². The van der Waals surface area contributed by atoms with E-state index in [-0.39, 0.29) is 11.7 Å². The smallest absolute Gasteiger partial charge is 0.352 e. The first kappa shape index (κ1) is 19.6. The molecule has 0 heterocycles. The van der Waals surface area contributed by atoms with Crippen molar-refractivity contribution in [1.82, 2.24) is 5.32 Å². The summed E-state index contributed by atoms with van der Waals surface area (Å²) in [4.78, 5) is 24.8. The molecule has 0 radical (unpaired) electrons. The summed E-state index contributed by atoms with van der Waals surface area (Å²) in [7, 11) is 0. The van der Waals surface area contributed by atoms with Crippen molar-refractivity contribution in [1.29, 1.82) is 0 Å². The van der Waals surface area contributed by atoms with Crippen LogP contribution in [0.15, 0.2) is 18.2 Å². The molecule has 8 heteroatoms. The van der Waals surface area contributed by atoms with Crippen molar-refractivity contribution in [3.63, 3.8) is 0 Å². The first-order valence-corrected chi connectivity index (χ1v) is 8.39. The van der Waals surface area contributed by atoms with E-state index in [2.05, 4.69) is 10.6 Å². The monoisotopic (exact) mass is 376 g/mol. The molecule has 1 aromatic rings. The Morgan fingerprint density at radius 1 is 1.12 bits per heavy atom. The molecule has 1 aliphatic carbocycles. The van der Waals surface area contributed by atoms with Gasteiger partial charge in [-0.15, -0.1) is 0 Å². The largest absolute Gasteiger partial charge is 0.417 e. The summed E-state index contributed by atoms with van der Waals surface area (Å²) in [6.45, 7) is 2.88. The topological polar surface area (TPSA) is 58.2 Å². The van der Waals surface area contributed by atoms with E-state index >= 15 is 0 Å². The minimum absolute atomic E-state index is 0.0481. The molecule has 0 aromatic heterocycles. The van der Waals surface area contributed by atoms with Gasteiger partial charge in [-0.2, -0.15) is 13.2 Å². The maximum Gasteiger partial charge on any atom is 0.417 e. The zero-order chi connectivity index (χ0) is 18.8. The van der Waals surface area contributed by atoms with Crippen LogP contribution in [0.1, 0.15) is 45.1 Å². The summed E-state index contributed by atoms with van der Waals surface area (Å²) >= 11 is 5.56. The molecule has 4 nitrogen and oxygen atoms in total. The number of anilines is 1. The molecule has 0 unspecified atom stereocenters. The third kappa shape index (κ3) is 4.66. The van der Waals surface area contributed by atoms with Gasteiger partial charge in [0.25, 0.3) is 0 Å². The minimum Gasteiger partial charge on any atom is -0.352 e. The molecule has 1 fully saturated rings. The fraction of sp³-hybridized carbons (Fsp3) is 0.529. The van der Waals surface area contributed by atoms with Gasteiger partial charge in [0.15, 0.2) is 0 Å². The summed E-state index contributed by atoms with van der Waals surface area (Å²) < 4.78 is 38.7. The van der Waals surface area contributed by atoms with Gasteiger partial charge in [-0.25, -0.2) is 0 Å². The number of rotatable bonds is 4. The summed E-state index contributed by atoms with van der Waals surface area (Å²) in [6.07, 6.45) is -0.830. The SMILES string of the molecule is CC(C)(C(=O)Nc1ccc(Cl)c(C(F)(F)F)c1)C(=O)NC1CCCC1. The van der Waals surface area contributed by atoms with Crippen LogP contribution in [0.5, 0.6) is 0 Å². The van der Waals surface area contributed by atoms with Gasteiger partial charge in [-0.1, -0.05) is 24.4 Å². The van der Waals surface area contributed by atoms with Gasteiger partial charge in [0.05, 0.1) is 10.6 Å². The Kier molecular flexibility index (Phi) is 5.66. The predicted molar refractivity (Wildman–Crippen MR) is 89.3 cm³/mol. The van der Waals surface area contributed by atoms with Gasteiger partial charge in [-0.05, 0) is 44.9 Å². The van der Waals surface area contributed by atoms with Gasteiger partial charge in [0, 0.05) is 11.7 Å². The molecule has 138 valence electrons. The van der Waals surface area contributed by atoms with E-state index in [4.69, 9.17) is 11.6 Å². The molecular weight excluding hydrogens is 357 g/mol. The highest BCUT2D eigenvalue weighted by atomic mass is 35.5. The second-order valence-electron chi connectivity index (χ2n) is 6.73. The van der Waals surface area contributed by atoms with Crippen molar-refractivity contribution in [3.8, 4) is 0 Å². The molecule has 0 spiro atoms. The van der Waals surface area contributed by atoms with Crippen molar-refractivity contribution in [2.24, 2.45) is 5.41 Å². The molecule has 0 bridgehead atoms. The first-order valence-electron chi connectivity index (χ1n) is 8.01. The predicted octanol–water partition coefficient (Wildman–Crippen LogP) is 4.38. The Hall–Kier alpha value is -1.76. The second kappa shape index (κ2) is 7.23. The highest BCUT2D eigenvalue weighted by Crippen LogP contribution is 2.36. The van der Waals surface area contributed by atoms with E-state index in [0.717, 1.165) is 37.8 Å². The summed E-state index contributed by atoms with van der Waals surface area (Å²) in [5.74, 6) is -1.12. The van der Waals surface area contributed by atoms with E-state index in [9.17, 15) is 22.8 Å². The third-order valence-corrected chi connectivity index (χ3v) is 4.68. The number of carbonyl (C=O) groups excluding carboxylic acids is 2. The van der Waals surface area contributed by atoms with Crippen LogP contribution in [0.4, 0.5) is 18.9 Å². The second-order valence-corrected chi connectivity index (χ2v) is 7.13. The van der Waals surface area contributed by atoms with Crippen molar-refractivity contribution >= 4 is 29.1 Å². The molecule has 2 N–H and O–H groups in total. The zero-order valence-corrected chi connectivity index (χ0v) is 14.7. The minimum atomic E-state index is -4.63. The van der Waals surface area contributed by atoms with Crippen molar-refractivity contribution in [2.45, 2.75) is 51.7 Å². The van der Waals surface area contributed by atoms with Crippen LogP contribution in [-0.2, 0) is 15.8 Å². The van der Waals surface area contributed by atoms with Crippen molar-refractivity contribution in [3.05, 3.63) is 28.8 Å². The zero-order valence-electron chi connectivity index (χ0n) is 14.0. The first-order chi connectivity index (χ1) is 11.5. The van der Waals surface area contributed by atoms with Crippen LogP contribution < -0.4 is 10.6 Å². The molecule has 1 saturated carbocycles. The fourth-order valence-electron chi connectivity index (χ4n) is 2.65. The number of benzene rings is 1. The molecule has 1 aromatic carbocycles. The highest BCUT2D eigenvalue weighted by Gasteiger charge is 2.38. The fourth-order valence-corrected chi connectivity index (χ4v) is 2.87. The molecular formula is C17H20ClF3N2O2. The Labute approximate surface area is 149 Å². The van der Waals surface area contributed by atoms with E-state index in [1.807, 2.05) is 0 Å². The van der Waals surface area contributed by atoms with Crippen LogP contribution in [0.2, 0.25) is 5.02 Å². The number of amides is 2. The number of alkyl halides is 3. The Balaban J connectivity index is 2.10.